The first-order valence-electron chi connectivity index (χ1n) is 10.8. The van der Waals surface area contributed by atoms with E-state index >= 15 is 0 Å². The van der Waals surface area contributed by atoms with E-state index in [0.717, 1.165) is 21.6 Å². The summed E-state index contributed by atoms with van der Waals surface area (Å²) in [6, 6.07) is 9.90. The van der Waals surface area contributed by atoms with E-state index in [2.05, 4.69) is 5.10 Å². The minimum absolute atomic E-state index is 0.252. The number of aromatic nitrogens is 3. The van der Waals surface area contributed by atoms with Crippen molar-refractivity contribution in [2.75, 3.05) is 25.1 Å². The molecule has 9 nitrogen and oxygen atoms in total. The molecule has 0 aliphatic carbocycles. The summed E-state index contributed by atoms with van der Waals surface area (Å²) in [6.45, 7) is 1.10. The fraction of sp³-hybridized carbons (Fsp3) is 0.318. The highest BCUT2D eigenvalue weighted by Crippen LogP contribution is 2.34. The van der Waals surface area contributed by atoms with Gasteiger partial charge in [0.25, 0.3) is 10.0 Å². The minimum Gasteiger partial charge on any atom is -0.497 e. The topological polar surface area (TPSA) is 97.6 Å². The Labute approximate surface area is 205 Å². The van der Waals surface area contributed by atoms with Crippen molar-refractivity contribution in [2.45, 2.75) is 29.6 Å². The molecule has 0 spiro atoms. The van der Waals surface area contributed by atoms with Crippen molar-refractivity contribution in [2.24, 2.45) is 0 Å². The van der Waals surface area contributed by atoms with Gasteiger partial charge < -0.3 is 4.74 Å². The van der Waals surface area contributed by atoms with Crippen LogP contribution in [0.1, 0.15) is 12.8 Å². The van der Waals surface area contributed by atoms with Crippen LogP contribution in [0.3, 0.4) is 0 Å². The molecule has 178 valence electrons. The fourth-order valence-corrected chi connectivity index (χ4v) is 7.85. The highest BCUT2D eigenvalue weighted by Gasteiger charge is 2.42. The molecular formula is C22H23N5O4S3. The van der Waals surface area contributed by atoms with Crippen molar-refractivity contribution in [3.05, 3.63) is 54.2 Å². The Balaban J connectivity index is 1.48. The summed E-state index contributed by atoms with van der Waals surface area (Å²) < 4.78 is 36.0. The number of hydrogen-bond donors (Lipinski definition) is 0. The number of thiazole rings is 1. The SMILES string of the molecule is COc1ccc2nc(N(CCn3cccn3)C(=O)C3CCCN3S(=O)(=O)c3cccs3)sc2c1. The molecule has 1 aliphatic heterocycles. The molecule has 34 heavy (non-hydrogen) atoms. The quantitative estimate of drug-likeness (QED) is 0.355. The molecule has 1 saturated heterocycles. The summed E-state index contributed by atoms with van der Waals surface area (Å²) in [4.78, 5) is 20.2. The second-order valence-electron chi connectivity index (χ2n) is 7.79. The second kappa shape index (κ2) is 9.45. The van der Waals surface area contributed by atoms with E-state index in [-0.39, 0.29) is 10.1 Å². The van der Waals surface area contributed by atoms with Gasteiger partial charge in [-0.15, -0.1) is 11.3 Å². The number of carbonyl (C=O) groups excluding carboxylic acids is 1. The predicted octanol–water partition coefficient (Wildman–Crippen LogP) is 3.45. The van der Waals surface area contributed by atoms with Crippen LogP contribution < -0.4 is 9.64 Å². The third-order valence-corrected chi connectivity index (χ3v) is 10.1. The van der Waals surface area contributed by atoms with Crippen molar-refractivity contribution in [1.82, 2.24) is 19.1 Å². The maximum Gasteiger partial charge on any atom is 0.253 e. The highest BCUT2D eigenvalue weighted by molar-refractivity contribution is 7.91. The van der Waals surface area contributed by atoms with Crippen molar-refractivity contribution >= 4 is 54.0 Å². The van der Waals surface area contributed by atoms with E-state index in [1.165, 1.54) is 15.6 Å². The Morgan fingerprint density at radius 1 is 1.29 bits per heavy atom. The Kier molecular flexibility index (Phi) is 6.38. The molecule has 3 aromatic heterocycles. The zero-order chi connectivity index (χ0) is 23.7. The first-order chi connectivity index (χ1) is 16.5. The molecule has 1 atom stereocenters. The number of amides is 1. The lowest BCUT2D eigenvalue weighted by atomic mass is 10.2. The van der Waals surface area contributed by atoms with Gasteiger partial charge in [0.1, 0.15) is 16.0 Å². The number of methoxy groups -OCH3 is 1. The minimum atomic E-state index is -3.74. The van der Waals surface area contributed by atoms with Crippen LogP contribution in [0.5, 0.6) is 5.75 Å². The van der Waals surface area contributed by atoms with Gasteiger partial charge in [0.05, 0.1) is 23.9 Å². The van der Waals surface area contributed by atoms with Crippen molar-refractivity contribution in [1.29, 1.82) is 0 Å². The standard InChI is InChI=1S/C22H23N5O4S3/c1-31-16-7-8-17-19(15-16)33-22(24-17)26(13-12-25-10-4-9-23-25)21(28)18-5-2-11-27(18)34(29,30)20-6-3-14-32-20/h3-4,6-10,14-15,18H,2,5,11-13H2,1H3. The highest BCUT2D eigenvalue weighted by atomic mass is 32.2. The van der Waals surface area contributed by atoms with Crippen LogP contribution in [-0.2, 0) is 21.4 Å². The average Bonchev–Trinajstić information content (AvgIpc) is 3.64. The van der Waals surface area contributed by atoms with Crippen LogP contribution in [0.15, 0.2) is 58.4 Å². The molecule has 4 aromatic rings. The number of nitrogens with zero attached hydrogens (tertiary/aromatic N) is 5. The molecule has 1 fully saturated rings. The average molecular weight is 518 g/mol. The smallest absolute Gasteiger partial charge is 0.253 e. The van der Waals surface area contributed by atoms with Gasteiger partial charge in [0, 0.05) is 25.5 Å². The molecule has 0 N–H and O–H groups in total. The molecule has 1 amide bonds. The van der Waals surface area contributed by atoms with Gasteiger partial charge >= 0.3 is 0 Å². The Morgan fingerprint density at radius 2 is 2.18 bits per heavy atom. The summed E-state index contributed by atoms with van der Waals surface area (Å²) in [5, 5.41) is 6.49. The Morgan fingerprint density at radius 3 is 2.91 bits per heavy atom. The van der Waals surface area contributed by atoms with Crippen LogP contribution in [0.2, 0.25) is 0 Å². The van der Waals surface area contributed by atoms with Gasteiger partial charge in [-0.1, -0.05) is 17.4 Å². The van der Waals surface area contributed by atoms with Crippen molar-refractivity contribution < 1.29 is 17.9 Å². The number of fused-ring (bicyclic) bond motifs is 1. The zero-order valence-electron chi connectivity index (χ0n) is 18.4. The first-order valence-corrected chi connectivity index (χ1v) is 13.9. The third kappa shape index (κ3) is 4.33. The van der Waals surface area contributed by atoms with Crippen LogP contribution in [0.25, 0.3) is 10.2 Å². The molecule has 5 rings (SSSR count). The first kappa shape index (κ1) is 23.0. The maximum absolute atomic E-state index is 13.9. The molecular weight excluding hydrogens is 494 g/mol. The number of hydrogen-bond acceptors (Lipinski definition) is 8. The van der Waals surface area contributed by atoms with Crippen molar-refractivity contribution in [3.8, 4) is 5.75 Å². The summed E-state index contributed by atoms with van der Waals surface area (Å²) in [7, 11) is -2.14. The second-order valence-corrected chi connectivity index (χ2v) is 11.9. The number of ether oxygens (including phenoxy) is 1. The summed E-state index contributed by atoms with van der Waals surface area (Å²) in [6.07, 6.45) is 4.61. The molecule has 12 heteroatoms. The van der Waals surface area contributed by atoms with Gasteiger partial charge in [0.2, 0.25) is 5.91 Å². The van der Waals surface area contributed by atoms with Gasteiger partial charge in [0.15, 0.2) is 5.13 Å². The van der Waals surface area contributed by atoms with E-state index in [1.807, 2.05) is 30.5 Å². The van der Waals surface area contributed by atoms with Gasteiger partial charge in [-0.05, 0) is 48.6 Å². The van der Waals surface area contributed by atoms with Crippen LogP contribution in [-0.4, -0.2) is 59.6 Å². The lowest BCUT2D eigenvalue weighted by molar-refractivity contribution is -0.121. The Bertz CT molecular complexity index is 1380. The van der Waals surface area contributed by atoms with Crippen LogP contribution >= 0.6 is 22.7 Å². The summed E-state index contributed by atoms with van der Waals surface area (Å²) in [5.74, 6) is 0.442. The van der Waals surface area contributed by atoms with E-state index < -0.39 is 16.1 Å². The fourth-order valence-electron chi connectivity index (χ4n) is 4.05. The molecule has 1 aliphatic rings. The van der Waals surface area contributed by atoms with Crippen LogP contribution in [0.4, 0.5) is 5.13 Å². The Hall–Kier alpha value is -2.80. The van der Waals surface area contributed by atoms with Gasteiger partial charge in [-0.25, -0.2) is 13.4 Å². The summed E-state index contributed by atoms with van der Waals surface area (Å²) in [5.41, 5.74) is 0.757. The number of benzene rings is 1. The molecule has 0 bridgehead atoms. The molecule has 0 radical (unpaired) electrons. The van der Waals surface area contributed by atoms with Crippen LogP contribution in [0, 0.1) is 0 Å². The molecule has 1 aromatic carbocycles. The number of sulfonamides is 1. The maximum atomic E-state index is 13.9. The van der Waals surface area contributed by atoms with E-state index in [4.69, 9.17) is 9.72 Å². The number of anilines is 1. The monoisotopic (exact) mass is 517 g/mol. The summed E-state index contributed by atoms with van der Waals surface area (Å²) >= 11 is 2.55. The molecule has 1 unspecified atom stereocenters. The zero-order valence-corrected chi connectivity index (χ0v) is 20.9. The number of carbonyl (C=O) groups is 1. The number of rotatable bonds is 8. The van der Waals surface area contributed by atoms with E-state index in [1.54, 1.807) is 40.4 Å². The van der Waals surface area contributed by atoms with E-state index in [0.29, 0.717) is 43.4 Å². The predicted molar refractivity (Wildman–Crippen MR) is 132 cm³/mol. The third-order valence-electron chi connectivity index (χ3n) is 5.74. The lowest BCUT2D eigenvalue weighted by Gasteiger charge is -2.28. The molecule has 0 saturated carbocycles. The normalized spacial score (nSPS) is 16.8. The number of thiophene rings is 1. The molecule has 4 heterocycles. The van der Waals surface area contributed by atoms with Gasteiger partial charge in [-0.2, -0.15) is 9.40 Å². The van der Waals surface area contributed by atoms with E-state index in [9.17, 15) is 13.2 Å². The van der Waals surface area contributed by atoms with Crippen molar-refractivity contribution in [3.63, 3.8) is 0 Å². The van der Waals surface area contributed by atoms with Gasteiger partial charge in [-0.3, -0.25) is 14.4 Å². The largest absolute Gasteiger partial charge is 0.497 e. The lowest BCUT2D eigenvalue weighted by Crippen LogP contribution is -2.48.